The van der Waals surface area contributed by atoms with Gasteiger partial charge in [-0.15, -0.1) is 0 Å². The van der Waals surface area contributed by atoms with Crippen LogP contribution in [0.3, 0.4) is 0 Å². The molecule has 0 bridgehead atoms. The van der Waals surface area contributed by atoms with Crippen molar-refractivity contribution in [3.05, 3.63) is 82.6 Å². The van der Waals surface area contributed by atoms with E-state index < -0.39 is 11.1 Å². The quantitative estimate of drug-likeness (QED) is 0.437. The van der Waals surface area contributed by atoms with Gasteiger partial charge in [0.2, 0.25) is 0 Å². The fourth-order valence-corrected chi connectivity index (χ4v) is 4.23. The summed E-state index contributed by atoms with van der Waals surface area (Å²) in [6, 6.07) is 16.7. The van der Waals surface area contributed by atoms with Crippen LogP contribution >= 0.6 is 23.4 Å². The van der Waals surface area contributed by atoms with Crippen molar-refractivity contribution in [2.45, 2.75) is 14.7 Å². The van der Waals surface area contributed by atoms with E-state index in [4.69, 9.17) is 16.6 Å². The molecule has 7 heteroatoms. The topological polar surface area (TPSA) is 49.7 Å². The van der Waals surface area contributed by atoms with Crippen molar-refractivity contribution in [3.8, 4) is 0 Å². The van der Waals surface area contributed by atoms with E-state index in [0.717, 1.165) is 20.9 Å². The number of aliphatic imine (C=N–C) groups is 1. The summed E-state index contributed by atoms with van der Waals surface area (Å²) in [4.78, 5) is 6.52. The average Bonchev–Trinajstić information content (AvgIpc) is 2.77. The molecule has 0 amide bonds. The smallest absolute Gasteiger partial charge is 0.186 e. The van der Waals surface area contributed by atoms with Gasteiger partial charge in [-0.05, 0) is 48.5 Å². The zero-order valence-corrected chi connectivity index (χ0v) is 15.5. The van der Waals surface area contributed by atoms with E-state index in [2.05, 4.69) is 0 Å². The van der Waals surface area contributed by atoms with Crippen LogP contribution in [-0.2, 0) is 11.1 Å². The van der Waals surface area contributed by atoms with Crippen LogP contribution in [0.25, 0.3) is 0 Å². The van der Waals surface area contributed by atoms with Gasteiger partial charge in [-0.3, -0.25) is 0 Å². The lowest BCUT2D eigenvalue weighted by Crippen LogP contribution is -2.04. The molecule has 0 aliphatic carbocycles. The number of halogens is 2. The van der Waals surface area contributed by atoms with Gasteiger partial charge in [-0.25, -0.2) is 13.6 Å². The van der Waals surface area contributed by atoms with Crippen molar-refractivity contribution in [2.24, 2.45) is 4.99 Å². The summed E-state index contributed by atoms with van der Waals surface area (Å²) in [6.45, 7) is 0. The Hall–Kier alpha value is -1.99. The summed E-state index contributed by atoms with van der Waals surface area (Å²) in [5.41, 5.74) is 2.84. The first-order valence-corrected chi connectivity index (χ1v) is 9.89. The van der Waals surface area contributed by atoms with Crippen LogP contribution in [0.2, 0.25) is 5.02 Å². The van der Waals surface area contributed by atoms with Gasteiger partial charge in [0.25, 0.3) is 0 Å². The van der Waals surface area contributed by atoms with Crippen LogP contribution in [0.5, 0.6) is 0 Å². The molecule has 1 aliphatic heterocycles. The molecule has 0 saturated carbocycles. The third kappa shape index (κ3) is 3.33. The van der Waals surface area contributed by atoms with Crippen molar-refractivity contribution >= 4 is 45.8 Å². The standard InChI is InChI=1S/C19H11ClFNO2S2/c20-12-3-1-11(2-4-12)19-15-7-5-13(21)9-18(15)25-17-8-6-14(26(23)24)10-16(17)22-19/h1-10H,(H,23,24). The van der Waals surface area contributed by atoms with E-state index in [1.54, 1.807) is 36.4 Å². The van der Waals surface area contributed by atoms with E-state index in [1.807, 2.05) is 12.1 Å². The molecule has 3 nitrogen and oxygen atoms in total. The van der Waals surface area contributed by atoms with E-state index in [0.29, 0.717) is 16.4 Å². The monoisotopic (exact) mass is 403 g/mol. The van der Waals surface area contributed by atoms with E-state index in [1.165, 1.54) is 23.9 Å². The van der Waals surface area contributed by atoms with Crippen molar-refractivity contribution in [1.29, 1.82) is 0 Å². The molecular formula is C19H11ClFNO2S2. The fourth-order valence-electron chi connectivity index (χ4n) is 2.68. The second-order valence-corrected chi connectivity index (χ2v) is 8.08. The van der Waals surface area contributed by atoms with Crippen molar-refractivity contribution < 1.29 is 13.2 Å². The second kappa shape index (κ2) is 6.96. The molecule has 1 heterocycles. The lowest BCUT2D eigenvalue weighted by Gasteiger charge is -2.09. The normalized spacial score (nSPS) is 14.0. The number of hydrogen-bond acceptors (Lipinski definition) is 3. The Kier molecular flexibility index (Phi) is 4.67. The maximum absolute atomic E-state index is 13.8. The Balaban J connectivity index is 1.97. The summed E-state index contributed by atoms with van der Waals surface area (Å²) in [6.07, 6.45) is 0. The highest BCUT2D eigenvalue weighted by Crippen LogP contribution is 2.42. The van der Waals surface area contributed by atoms with Gasteiger partial charge >= 0.3 is 0 Å². The van der Waals surface area contributed by atoms with Crippen LogP contribution < -0.4 is 0 Å². The number of hydrogen-bond donors (Lipinski definition) is 1. The summed E-state index contributed by atoms with van der Waals surface area (Å²) < 4.78 is 34.6. The molecule has 0 spiro atoms. The summed E-state index contributed by atoms with van der Waals surface area (Å²) in [5.74, 6) is -0.330. The lowest BCUT2D eigenvalue weighted by atomic mass is 10.0. The van der Waals surface area contributed by atoms with Crippen LogP contribution in [0.1, 0.15) is 11.1 Å². The van der Waals surface area contributed by atoms with Gasteiger partial charge in [-0.1, -0.05) is 35.5 Å². The molecule has 0 fully saturated rings. The van der Waals surface area contributed by atoms with Crippen molar-refractivity contribution in [1.82, 2.24) is 0 Å². The Bertz CT molecular complexity index is 1070. The highest BCUT2D eigenvalue weighted by Gasteiger charge is 2.20. The van der Waals surface area contributed by atoms with Gasteiger partial charge in [-0.2, -0.15) is 0 Å². The first kappa shape index (κ1) is 17.4. The number of fused-ring (bicyclic) bond motifs is 2. The number of rotatable bonds is 2. The first-order chi connectivity index (χ1) is 12.5. The van der Waals surface area contributed by atoms with Gasteiger partial charge in [0.05, 0.1) is 16.3 Å². The highest BCUT2D eigenvalue weighted by atomic mass is 35.5. The van der Waals surface area contributed by atoms with Gasteiger partial charge in [0.15, 0.2) is 11.1 Å². The van der Waals surface area contributed by atoms with Crippen LogP contribution in [0, 0.1) is 5.82 Å². The first-order valence-electron chi connectivity index (χ1n) is 7.58. The molecule has 3 aromatic rings. The molecule has 0 saturated heterocycles. The fraction of sp³-hybridized carbons (Fsp3) is 0. The summed E-state index contributed by atoms with van der Waals surface area (Å²) in [7, 11) is 0. The molecular weight excluding hydrogens is 393 g/mol. The summed E-state index contributed by atoms with van der Waals surface area (Å²) in [5, 5.41) is 0.607. The highest BCUT2D eigenvalue weighted by molar-refractivity contribution is 7.99. The molecule has 1 unspecified atom stereocenters. The zero-order valence-electron chi connectivity index (χ0n) is 13.1. The molecule has 26 heavy (non-hydrogen) atoms. The lowest BCUT2D eigenvalue weighted by molar-refractivity contribution is 0.564. The molecule has 130 valence electrons. The Labute approximate surface area is 161 Å². The van der Waals surface area contributed by atoms with Gasteiger partial charge in [0.1, 0.15) is 5.82 Å². The Morgan fingerprint density at radius 1 is 1.00 bits per heavy atom. The molecule has 0 radical (unpaired) electrons. The molecule has 1 atom stereocenters. The maximum Gasteiger partial charge on any atom is 0.186 e. The second-order valence-electron chi connectivity index (χ2n) is 5.59. The Morgan fingerprint density at radius 2 is 1.77 bits per heavy atom. The summed E-state index contributed by atoms with van der Waals surface area (Å²) >= 11 is 5.26. The minimum atomic E-state index is -2.10. The number of benzene rings is 3. The zero-order chi connectivity index (χ0) is 18.3. The van der Waals surface area contributed by atoms with Crippen molar-refractivity contribution in [3.63, 3.8) is 0 Å². The van der Waals surface area contributed by atoms with E-state index in [-0.39, 0.29) is 10.7 Å². The number of nitrogens with zero attached hydrogens (tertiary/aromatic N) is 1. The van der Waals surface area contributed by atoms with Crippen LogP contribution in [0.15, 0.2) is 80.3 Å². The third-order valence-electron chi connectivity index (χ3n) is 3.90. The van der Waals surface area contributed by atoms with E-state index in [9.17, 15) is 13.2 Å². The molecule has 1 N–H and O–H groups in total. The van der Waals surface area contributed by atoms with Crippen molar-refractivity contribution in [2.75, 3.05) is 0 Å². The van der Waals surface area contributed by atoms with Gasteiger partial charge < -0.3 is 4.55 Å². The van der Waals surface area contributed by atoms with Crippen LogP contribution in [0.4, 0.5) is 10.1 Å². The molecule has 4 rings (SSSR count). The largest absolute Gasteiger partial charge is 0.302 e. The molecule has 0 aromatic heterocycles. The third-order valence-corrected chi connectivity index (χ3v) is 5.93. The maximum atomic E-state index is 13.8. The Morgan fingerprint density at radius 3 is 2.50 bits per heavy atom. The predicted molar refractivity (Wildman–Crippen MR) is 103 cm³/mol. The molecule has 1 aliphatic rings. The SMILES string of the molecule is O=S(O)c1ccc2c(c1)N=C(c1ccc(Cl)cc1)c1ccc(F)cc1S2. The van der Waals surface area contributed by atoms with E-state index >= 15 is 0 Å². The van der Waals surface area contributed by atoms with Crippen LogP contribution in [-0.4, -0.2) is 14.5 Å². The minimum Gasteiger partial charge on any atom is -0.302 e. The molecule has 3 aromatic carbocycles. The minimum absolute atomic E-state index is 0.265. The van der Waals surface area contributed by atoms with Gasteiger partial charge in [0, 0.05) is 25.9 Å². The predicted octanol–water partition coefficient (Wildman–Crippen LogP) is 5.69. The average molecular weight is 404 g/mol.